The van der Waals surface area contributed by atoms with Crippen LogP contribution in [0, 0.1) is 0 Å². The quantitative estimate of drug-likeness (QED) is 0.569. The van der Waals surface area contributed by atoms with Crippen molar-refractivity contribution in [1.82, 2.24) is 4.31 Å². The number of halogens is 1. The van der Waals surface area contributed by atoms with Crippen LogP contribution in [0.4, 0.5) is 5.69 Å². The van der Waals surface area contributed by atoms with Crippen LogP contribution in [-0.4, -0.2) is 49.7 Å². The summed E-state index contributed by atoms with van der Waals surface area (Å²) in [5, 5.41) is 2.56. The largest absolute Gasteiger partial charge is 0.449 e. The molecule has 176 valence electrons. The SMILES string of the molecule is CC(OC(=O)c1cc(S(=O)(=O)N2CCCCC2)ccc1Cl)C(=O)Nc1ccc(C(N)=O)cc1. The average molecular weight is 494 g/mol. The summed E-state index contributed by atoms with van der Waals surface area (Å²) in [6, 6.07) is 9.69. The number of primary amides is 1. The van der Waals surface area contributed by atoms with Crippen LogP contribution >= 0.6 is 11.6 Å². The highest BCUT2D eigenvalue weighted by Crippen LogP contribution is 2.26. The third kappa shape index (κ3) is 5.89. The summed E-state index contributed by atoms with van der Waals surface area (Å²) >= 11 is 6.11. The third-order valence-electron chi connectivity index (χ3n) is 5.20. The maximum Gasteiger partial charge on any atom is 0.340 e. The lowest BCUT2D eigenvalue weighted by Gasteiger charge is -2.26. The molecule has 0 bridgehead atoms. The Hall–Kier alpha value is -2.95. The number of esters is 1. The molecular weight excluding hydrogens is 470 g/mol. The van der Waals surface area contributed by atoms with Gasteiger partial charge in [-0.05, 0) is 62.2 Å². The molecule has 0 radical (unpaired) electrons. The van der Waals surface area contributed by atoms with Crippen LogP contribution in [0.25, 0.3) is 0 Å². The van der Waals surface area contributed by atoms with Gasteiger partial charge in [0.25, 0.3) is 5.91 Å². The number of sulfonamides is 1. The van der Waals surface area contributed by atoms with Crippen molar-refractivity contribution in [1.29, 1.82) is 0 Å². The minimum atomic E-state index is -3.78. The van der Waals surface area contributed by atoms with E-state index in [0.717, 1.165) is 19.3 Å². The Balaban J connectivity index is 1.70. The fourth-order valence-corrected chi connectivity index (χ4v) is 5.05. The van der Waals surface area contributed by atoms with Gasteiger partial charge in [0.2, 0.25) is 15.9 Å². The molecule has 2 aromatic carbocycles. The van der Waals surface area contributed by atoms with E-state index in [4.69, 9.17) is 22.1 Å². The smallest absolute Gasteiger partial charge is 0.340 e. The molecule has 0 saturated carbocycles. The van der Waals surface area contributed by atoms with E-state index in [-0.39, 0.29) is 21.0 Å². The summed E-state index contributed by atoms with van der Waals surface area (Å²) in [7, 11) is -3.78. The molecule has 9 nitrogen and oxygen atoms in total. The zero-order valence-electron chi connectivity index (χ0n) is 17.9. The van der Waals surface area contributed by atoms with Gasteiger partial charge >= 0.3 is 5.97 Å². The molecular formula is C22H24ClN3O6S. The molecule has 1 heterocycles. The number of nitrogens with one attached hydrogen (secondary N) is 1. The Kier molecular flexibility index (Phi) is 7.72. The molecule has 0 spiro atoms. The second-order valence-corrected chi connectivity index (χ2v) is 9.93. The summed E-state index contributed by atoms with van der Waals surface area (Å²) in [5.41, 5.74) is 5.68. The minimum Gasteiger partial charge on any atom is -0.449 e. The predicted octanol–water partition coefficient (Wildman–Crippen LogP) is 2.80. The molecule has 3 N–H and O–H groups in total. The van der Waals surface area contributed by atoms with Crippen molar-refractivity contribution < 1.29 is 27.5 Å². The van der Waals surface area contributed by atoms with Gasteiger partial charge < -0.3 is 15.8 Å². The summed E-state index contributed by atoms with van der Waals surface area (Å²) in [6.07, 6.45) is 1.32. The monoisotopic (exact) mass is 493 g/mol. The number of hydrogen-bond acceptors (Lipinski definition) is 6. The molecule has 2 aromatic rings. The maximum absolute atomic E-state index is 12.9. The van der Waals surface area contributed by atoms with E-state index in [1.54, 1.807) is 0 Å². The molecule has 1 aliphatic heterocycles. The van der Waals surface area contributed by atoms with E-state index in [2.05, 4.69) is 5.32 Å². The molecule has 0 aromatic heterocycles. The van der Waals surface area contributed by atoms with Crippen LogP contribution in [-0.2, 0) is 19.6 Å². The molecule has 0 aliphatic carbocycles. The van der Waals surface area contributed by atoms with Crippen LogP contribution in [0.1, 0.15) is 46.9 Å². The number of nitrogens with two attached hydrogens (primary N) is 1. The number of amides is 2. The summed E-state index contributed by atoms with van der Waals surface area (Å²) in [6.45, 7) is 2.21. The number of piperidine rings is 1. The first kappa shape index (κ1) is 24.7. The van der Waals surface area contributed by atoms with E-state index in [1.807, 2.05) is 0 Å². The lowest BCUT2D eigenvalue weighted by atomic mass is 10.2. The molecule has 33 heavy (non-hydrogen) atoms. The first-order chi connectivity index (χ1) is 15.6. The van der Waals surface area contributed by atoms with Crippen LogP contribution in [0.3, 0.4) is 0 Å². The summed E-state index contributed by atoms with van der Waals surface area (Å²) in [4.78, 5) is 36.1. The zero-order valence-corrected chi connectivity index (χ0v) is 19.5. The number of carbonyl (C=O) groups is 3. The topological polar surface area (TPSA) is 136 Å². The second kappa shape index (κ2) is 10.3. The lowest BCUT2D eigenvalue weighted by molar-refractivity contribution is -0.123. The van der Waals surface area contributed by atoms with Gasteiger partial charge in [-0.25, -0.2) is 13.2 Å². The van der Waals surface area contributed by atoms with E-state index < -0.39 is 33.9 Å². The molecule has 11 heteroatoms. The number of hydrogen-bond donors (Lipinski definition) is 2. The fourth-order valence-electron chi connectivity index (χ4n) is 3.31. The van der Waals surface area contributed by atoms with Gasteiger partial charge in [0.1, 0.15) is 0 Å². The molecule has 1 unspecified atom stereocenters. The van der Waals surface area contributed by atoms with Gasteiger partial charge in [0.15, 0.2) is 6.10 Å². The predicted molar refractivity (Wildman–Crippen MR) is 123 cm³/mol. The Morgan fingerprint density at radius 3 is 2.30 bits per heavy atom. The van der Waals surface area contributed by atoms with E-state index in [1.165, 1.54) is 53.7 Å². The van der Waals surface area contributed by atoms with Crippen molar-refractivity contribution in [2.75, 3.05) is 18.4 Å². The van der Waals surface area contributed by atoms with Crippen molar-refractivity contribution in [3.63, 3.8) is 0 Å². The number of carbonyl (C=O) groups excluding carboxylic acids is 3. The lowest BCUT2D eigenvalue weighted by Crippen LogP contribution is -2.35. The van der Waals surface area contributed by atoms with Crippen molar-refractivity contribution in [3.8, 4) is 0 Å². The van der Waals surface area contributed by atoms with Gasteiger partial charge in [-0.3, -0.25) is 9.59 Å². The average Bonchev–Trinajstić information content (AvgIpc) is 2.80. The Morgan fingerprint density at radius 1 is 1.06 bits per heavy atom. The van der Waals surface area contributed by atoms with Crippen molar-refractivity contribution in [2.24, 2.45) is 5.73 Å². The highest BCUT2D eigenvalue weighted by molar-refractivity contribution is 7.89. The maximum atomic E-state index is 12.9. The van der Waals surface area contributed by atoms with Gasteiger partial charge in [-0.15, -0.1) is 0 Å². The van der Waals surface area contributed by atoms with E-state index >= 15 is 0 Å². The van der Waals surface area contributed by atoms with E-state index in [9.17, 15) is 22.8 Å². The van der Waals surface area contributed by atoms with Gasteiger partial charge in [0, 0.05) is 24.3 Å². The van der Waals surface area contributed by atoms with Crippen LogP contribution in [0.15, 0.2) is 47.4 Å². The molecule has 3 rings (SSSR count). The highest BCUT2D eigenvalue weighted by Gasteiger charge is 2.28. The standard InChI is InChI=1S/C22H24ClN3O6S/c1-14(21(28)25-16-7-5-15(6-8-16)20(24)27)32-22(29)18-13-17(9-10-19(18)23)33(30,31)26-11-3-2-4-12-26/h5-10,13-14H,2-4,11-12H2,1H3,(H2,24,27)(H,25,28). The number of nitrogens with zero attached hydrogens (tertiary/aromatic N) is 1. The molecule has 1 aliphatic rings. The van der Waals surface area contributed by atoms with Gasteiger partial charge in [0.05, 0.1) is 15.5 Å². The van der Waals surface area contributed by atoms with Crippen molar-refractivity contribution >= 4 is 45.1 Å². The van der Waals surface area contributed by atoms with Crippen LogP contribution in [0.2, 0.25) is 5.02 Å². The van der Waals surface area contributed by atoms with Crippen molar-refractivity contribution in [2.45, 2.75) is 37.2 Å². The van der Waals surface area contributed by atoms with Crippen LogP contribution < -0.4 is 11.1 Å². The molecule has 2 amide bonds. The molecule has 1 fully saturated rings. The van der Waals surface area contributed by atoms with Gasteiger partial charge in [-0.2, -0.15) is 4.31 Å². The first-order valence-electron chi connectivity index (χ1n) is 10.3. The summed E-state index contributed by atoms with van der Waals surface area (Å²) in [5.74, 6) is -2.15. The molecule has 1 saturated heterocycles. The zero-order chi connectivity index (χ0) is 24.2. The van der Waals surface area contributed by atoms with E-state index in [0.29, 0.717) is 18.8 Å². The Morgan fingerprint density at radius 2 is 1.70 bits per heavy atom. The Labute approximate surface area is 196 Å². The third-order valence-corrected chi connectivity index (χ3v) is 7.42. The first-order valence-corrected chi connectivity index (χ1v) is 12.1. The second-order valence-electron chi connectivity index (χ2n) is 7.58. The van der Waals surface area contributed by atoms with Crippen molar-refractivity contribution in [3.05, 3.63) is 58.6 Å². The van der Waals surface area contributed by atoms with Crippen LogP contribution in [0.5, 0.6) is 0 Å². The minimum absolute atomic E-state index is 0.00671. The Bertz CT molecular complexity index is 1160. The summed E-state index contributed by atoms with van der Waals surface area (Å²) < 4.78 is 32.4. The number of ether oxygens (including phenoxy) is 1. The number of benzene rings is 2. The highest BCUT2D eigenvalue weighted by atomic mass is 35.5. The normalized spacial score (nSPS) is 15.5. The fraction of sp³-hybridized carbons (Fsp3) is 0.318. The molecule has 1 atom stereocenters. The number of anilines is 1. The number of rotatable bonds is 7. The van der Waals surface area contributed by atoms with Gasteiger partial charge in [-0.1, -0.05) is 18.0 Å².